The van der Waals surface area contributed by atoms with Gasteiger partial charge < -0.3 is 9.50 Å². The first-order valence-electron chi connectivity index (χ1n) is 6.14. The van der Waals surface area contributed by atoms with Crippen LogP contribution in [0.4, 0.5) is 23.2 Å². The van der Waals surface area contributed by atoms with Gasteiger partial charge in [0.1, 0.15) is 11.6 Å². The first-order chi connectivity index (χ1) is 11.0. The highest BCUT2D eigenvalue weighted by atomic mass is 35.5. The molecule has 0 aliphatic heterocycles. The molecule has 1 aromatic heterocycles. The van der Waals surface area contributed by atoms with E-state index in [1.807, 2.05) is 0 Å². The zero-order chi connectivity index (χ0) is 18.1. The van der Waals surface area contributed by atoms with Crippen molar-refractivity contribution in [2.45, 2.75) is 19.0 Å². The molecule has 0 fully saturated rings. The molecule has 12 heteroatoms. The molecule has 0 spiro atoms. The second-order valence-electron chi connectivity index (χ2n) is 4.51. The molecular weight excluding hydrogens is 396 g/mol. The Labute approximate surface area is 143 Å². The van der Waals surface area contributed by atoms with Gasteiger partial charge in [-0.2, -0.15) is 21.6 Å². The summed E-state index contributed by atoms with van der Waals surface area (Å²) >= 11 is 6.77. The van der Waals surface area contributed by atoms with Crippen molar-refractivity contribution >= 4 is 38.7 Å². The van der Waals surface area contributed by atoms with Crippen molar-refractivity contribution in [3.8, 4) is 5.75 Å². The highest BCUT2D eigenvalue weighted by Crippen LogP contribution is 2.32. The number of aryl methyl sites for hydroxylation is 1. The molecule has 132 valence electrons. The molecule has 24 heavy (non-hydrogen) atoms. The largest absolute Gasteiger partial charge is 0.534 e. The number of nitrogens with zero attached hydrogens (tertiary/aromatic N) is 1. The van der Waals surface area contributed by atoms with Crippen molar-refractivity contribution in [3.63, 3.8) is 0 Å². The van der Waals surface area contributed by atoms with Gasteiger partial charge in [-0.15, -0.1) is 11.3 Å². The molecule has 0 saturated heterocycles. The summed E-state index contributed by atoms with van der Waals surface area (Å²) in [5, 5.41) is 2.62. The van der Waals surface area contributed by atoms with Crippen molar-refractivity contribution in [2.24, 2.45) is 0 Å². The van der Waals surface area contributed by atoms with E-state index in [1.165, 1.54) is 13.1 Å². The molecule has 1 heterocycles. The second-order valence-corrected chi connectivity index (χ2v) is 7.75. The number of hydrogen-bond acceptors (Lipinski definition) is 6. The Bertz CT molecular complexity index is 852. The van der Waals surface area contributed by atoms with Crippen LogP contribution in [0.2, 0.25) is 4.47 Å². The SMILES string of the molecule is Cc1cc(F)c(NCc2cnc(Cl)s2)cc1OS(=O)(=O)C(F)(F)F. The summed E-state index contributed by atoms with van der Waals surface area (Å²) in [7, 11) is -5.84. The van der Waals surface area contributed by atoms with Gasteiger partial charge in [-0.05, 0) is 18.6 Å². The zero-order valence-corrected chi connectivity index (χ0v) is 14.2. The first kappa shape index (κ1) is 18.7. The quantitative estimate of drug-likeness (QED) is 0.462. The molecule has 0 saturated carbocycles. The van der Waals surface area contributed by atoms with Crippen LogP contribution in [0.25, 0.3) is 0 Å². The van der Waals surface area contributed by atoms with Gasteiger partial charge in [0.05, 0.1) is 12.2 Å². The van der Waals surface area contributed by atoms with Gasteiger partial charge >= 0.3 is 15.6 Å². The average molecular weight is 405 g/mol. The van der Waals surface area contributed by atoms with E-state index in [0.29, 0.717) is 4.88 Å². The van der Waals surface area contributed by atoms with Crippen molar-refractivity contribution in [2.75, 3.05) is 5.32 Å². The van der Waals surface area contributed by atoms with E-state index < -0.39 is 27.2 Å². The van der Waals surface area contributed by atoms with Crippen LogP contribution in [0.1, 0.15) is 10.4 Å². The summed E-state index contributed by atoms with van der Waals surface area (Å²) in [6, 6.07) is 1.71. The molecular formula is C12H9ClF4N2O3S2. The minimum Gasteiger partial charge on any atom is -0.378 e. The number of halogens is 5. The van der Waals surface area contributed by atoms with E-state index in [9.17, 15) is 26.0 Å². The van der Waals surface area contributed by atoms with Crippen molar-refractivity contribution in [1.29, 1.82) is 0 Å². The Kier molecular flexibility index (Phi) is 5.25. The standard InChI is InChI=1S/C12H9ClF4N2O3S2/c1-6-2-8(14)9(18-4-7-5-19-11(13)23-7)3-10(6)22-24(20,21)12(15,16)17/h2-3,5,18H,4H2,1H3. The molecule has 0 bridgehead atoms. The lowest BCUT2D eigenvalue weighted by Crippen LogP contribution is -2.28. The maximum atomic E-state index is 13.9. The molecule has 0 atom stereocenters. The van der Waals surface area contributed by atoms with Crippen molar-refractivity contribution in [1.82, 2.24) is 4.98 Å². The van der Waals surface area contributed by atoms with Gasteiger partial charge in [0.2, 0.25) is 0 Å². The number of benzene rings is 1. The van der Waals surface area contributed by atoms with Gasteiger partial charge in [0.15, 0.2) is 4.47 Å². The predicted molar refractivity (Wildman–Crippen MR) is 81.2 cm³/mol. The van der Waals surface area contributed by atoms with Crippen molar-refractivity contribution < 1.29 is 30.2 Å². The predicted octanol–water partition coefficient (Wildman–Crippen LogP) is 4.08. The normalized spacial score (nSPS) is 12.2. The third-order valence-electron chi connectivity index (χ3n) is 2.73. The van der Waals surface area contributed by atoms with Gasteiger partial charge in [-0.25, -0.2) is 9.37 Å². The van der Waals surface area contributed by atoms with E-state index in [1.54, 1.807) is 0 Å². The molecule has 2 aromatic rings. The molecule has 0 aliphatic rings. The molecule has 1 N–H and O–H groups in total. The smallest absolute Gasteiger partial charge is 0.378 e. The number of anilines is 1. The van der Waals surface area contributed by atoms with Gasteiger partial charge in [-0.3, -0.25) is 0 Å². The fourth-order valence-electron chi connectivity index (χ4n) is 1.59. The number of nitrogens with one attached hydrogen (secondary N) is 1. The number of alkyl halides is 3. The lowest BCUT2D eigenvalue weighted by molar-refractivity contribution is -0.0500. The highest BCUT2D eigenvalue weighted by molar-refractivity contribution is 7.88. The molecule has 1 aromatic carbocycles. The average Bonchev–Trinajstić information content (AvgIpc) is 2.85. The van der Waals surface area contributed by atoms with Crippen LogP contribution in [-0.4, -0.2) is 18.9 Å². The van der Waals surface area contributed by atoms with E-state index in [4.69, 9.17) is 11.6 Å². The van der Waals surface area contributed by atoms with E-state index >= 15 is 0 Å². The van der Waals surface area contributed by atoms with Gasteiger partial charge in [0, 0.05) is 17.1 Å². The lowest BCUT2D eigenvalue weighted by atomic mass is 10.2. The van der Waals surface area contributed by atoms with Crippen LogP contribution in [-0.2, 0) is 16.7 Å². The van der Waals surface area contributed by atoms with E-state index in [0.717, 1.165) is 23.5 Å². The zero-order valence-electron chi connectivity index (χ0n) is 11.8. The molecule has 5 nitrogen and oxygen atoms in total. The summed E-state index contributed by atoms with van der Waals surface area (Å²) < 4.78 is 77.5. The maximum absolute atomic E-state index is 13.9. The Morgan fingerprint density at radius 2 is 2.04 bits per heavy atom. The topological polar surface area (TPSA) is 68.3 Å². The van der Waals surface area contributed by atoms with Crippen LogP contribution < -0.4 is 9.50 Å². The number of rotatable bonds is 5. The minimum absolute atomic E-state index is 0.0931. The van der Waals surface area contributed by atoms with Crippen molar-refractivity contribution in [3.05, 3.63) is 39.1 Å². The monoisotopic (exact) mass is 404 g/mol. The van der Waals surface area contributed by atoms with E-state index in [2.05, 4.69) is 14.5 Å². The summed E-state index contributed by atoms with van der Waals surface area (Å²) in [4.78, 5) is 4.42. The molecule has 0 unspecified atom stereocenters. The fourth-order valence-corrected chi connectivity index (χ4v) is 3.02. The third-order valence-corrected chi connectivity index (χ3v) is 4.81. The van der Waals surface area contributed by atoms with Gasteiger partial charge in [0.25, 0.3) is 0 Å². The van der Waals surface area contributed by atoms with Crippen LogP contribution >= 0.6 is 22.9 Å². The third kappa shape index (κ3) is 4.28. The highest BCUT2D eigenvalue weighted by Gasteiger charge is 2.48. The van der Waals surface area contributed by atoms with Crippen LogP contribution in [0.3, 0.4) is 0 Å². The van der Waals surface area contributed by atoms with Gasteiger partial charge in [-0.1, -0.05) is 11.6 Å². The summed E-state index contributed by atoms with van der Waals surface area (Å²) in [5.74, 6) is -1.40. The Balaban J connectivity index is 2.24. The lowest BCUT2D eigenvalue weighted by Gasteiger charge is -2.14. The molecule has 0 aliphatic carbocycles. The second kappa shape index (κ2) is 6.73. The molecule has 0 radical (unpaired) electrons. The fraction of sp³-hybridized carbons (Fsp3) is 0.250. The molecule has 0 amide bonds. The number of thiazole rings is 1. The van der Waals surface area contributed by atoms with Crippen LogP contribution in [0.15, 0.2) is 18.3 Å². The number of hydrogen-bond donors (Lipinski definition) is 1. The first-order valence-corrected chi connectivity index (χ1v) is 8.75. The Hall–Kier alpha value is -1.59. The van der Waals surface area contributed by atoms with Crippen LogP contribution in [0, 0.1) is 12.7 Å². The maximum Gasteiger partial charge on any atom is 0.534 e. The number of aromatic nitrogens is 1. The summed E-state index contributed by atoms with van der Waals surface area (Å²) in [5.41, 5.74) is -5.91. The summed E-state index contributed by atoms with van der Waals surface area (Å²) in [6.07, 6.45) is 1.44. The van der Waals surface area contributed by atoms with E-state index in [-0.39, 0.29) is 22.3 Å². The van der Waals surface area contributed by atoms with Crippen LogP contribution in [0.5, 0.6) is 5.75 Å². The summed E-state index contributed by atoms with van der Waals surface area (Å²) in [6.45, 7) is 1.31. The Morgan fingerprint density at radius 3 is 2.58 bits per heavy atom. The minimum atomic E-state index is -5.84. The molecule has 2 rings (SSSR count). The Morgan fingerprint density at radius 1 is 1.38 bits per heavy atom.